The molecular formula is C18H25Cl2N3O2. The minimum Gasteiger partial charge on any atom is -0.491 e. The second-order valence-corrected chi connectivity index (χ2v) is 6.15. The Bertz CT molecular complexity index is 686. The minimum atomic E-state index is -0.652. The number of hydrogen-bond donors (Lipinski definition) is 2. The largest absolute Gasteiger partial charge is 0.491 e. The van der Waals surface area contributed by atoms with Gasteiger partial charge in [-0.25, -0.2) is 0 Å². The molecule has 0 spiro atoms. The molecule has 1 fully saturated rings. The van der Waals surface area contributed by atoms with Crippen LogP contribution in [0.15, 0.2) is 36.5 Å². The third-order valence-electron chi connectivity index (χ3n) is 4.41. The van der Waals surface area contributed by atoms with E-state index in [1.165, 1.54) is 0 Å². The Hall–Kier alpha value is -1.56. The molecule has 1 heterocycles. The summed E-state index contributed by atoms with van der Waals surface area (Å²) in [5.74, 6) is 0.752. The van der Waals surface area contributed by atoms with Crippen LogP contribution in [0.2, 0.25) is 0 Å². The first-order valence-electron chi connectivity index (χ1n) is 8.23. The third kappa shape index (κ3) is 5.21. The fourth-order valence-electron chi connectivity index (χ4n) is 3.06. The summed E-state index contributed by atoms with van der Waals surface area (Å²) in [6, 6.07) is 9.81. The van der Waals surface area contributed by atoms with Gasteiger partial charge in [0, 0.05) is 18.1 Å². The lowest BCUT2D eigenvalue weighted by molar-refractivity contribution is -0.126. The molecule has 1 aromatic heterocycles. The van der Waals surface area contributed by atoms with Crippen molar-refractivity contribution in [2.45, 2.75) is 37.6 Å². The van der Waals surface area contributed by atoms with Crippen molar-refractivity contribution in [3.05, 3.63) is 36.5 Å². The fourth-order valence-corrected chi connectivity index (χ4v) is 3.06. The number of benzene rings is 1. The van der Waals surface area contributed by atoms with Gasteiger partial charge >= 0.3 is 0 Å². The molecule has 0 radical (unpaired) electrons. The molecule has 1 aromatic carbocycles. The molecule has 1 aliphatic carbocycles. The zero-order valence-corrected chi connectivity index (χ0v) is 15.7. The Morgan fingerprint density at radius 3 is 2.68 bits per heavy atom. The highest BCUT2D eigenvalue weighted by Gasteiger charge is 2.36. The SMILES string of the molecule is Cl.Cl.NC1(C(=O)NCCCOc2cccc3cccnc23)CCCC1. The number of pyridine rings is 1. The summed E-state index contributed by atoms with van der Waals surface area (Å²) in [5, 5.41) is 3.99. The summed E-state index contributed by atoms with van der Waals surface area (Å²) in [7, 11) is 0. The number of fused-ring (bicyclic) bond motifs is 1. The Balaban J connectivity index is 0.00000156. The van der Waals surface area contributed by atoms with Crippen LogP contribution in [0.4, 0.5) is 0 Å². The first kappa shape index (κ1) is 21.5. The van der Waals surface area contributed by atoms with Gasteiger partial charge in [-0.15, -0.1) is 24.8 Å². The van der Waals surface area contributed by atoms with E-state index in [1.807, 2.05) is 30.3 Å². The quantitative estimate of drug-likeness (QED) is 0.748. The maximum Gasteiger partial charge on any atom is 0.240 e. The normalized spacial score (nSPS) is 15.1. The van der Waals surface area contributed by atoms with E-state index in [4.69, 9.17) is 10.5 Å². The molecule has 0 aliphatic heterocycles. The molecule has 3 rings (SSSR count). The standard InChI is InChI=1S/C18H23N3O2.2ClH/c19-18(9-1-2-10-18)17(22)21-12-5-13-23-15-8-3-6-14-7-4-11-20-16(14)15;;/h3-4,6-8,11H,1-2,5,9-10,12-13,19H2,(H,21,22);2*1H. The number of nitrogens with zero attached hydrogens (tertiary/aromatic N) is 1. The molecule has 7 heteroatoms. The molecular weight excluding hydrogens is 361 g/mol. The Morgan fingerprint density at radius 1 is 1.20 bits per heavy atom. The molecule has 0 bridgehead atoms. The fraction of sp³-hybridized carbons (Fsp3) is 0.444. The summed E-state index contributed by atoms with van der Waals surface area (Å²) in [5.41, 5.74) is 6.33. The zero-order valence-electron chi connectivity index (χ0n) is 14.1. The van der Waals surface area contributed by atoms with Crippen molar-refractivity contribution in [1.29, 1.82) is 0 Å². The summed E-state index contributed by atoms with van der Waals surface area (Å²) < 4.78 is 5.81. The zero-order chi connectivity index (χ0) is 16.1. The van der Waals surface area contributed by atoms with Crippen molar-refractivity contribution in [3.8, 4) is 5.75 Å². The van der Waals surface area contributed by atoms with Crippen LogP contribution in [0.25, 0.3) is 10.9 Å². The molecule has 25 heavy (non-hydrogen) atoms. The van der Waals surface area contributed by atoms with Gasteiger partial charge < -0.3 is 15.8 Å². The van der Waals surface area contributed by atoms with Crippen molar-refractivity contribution in [2.75, 3.05) is 13.2 Å². The van der Waals surface area contributed by atoms with Gasteiger partial charge in [0.25, 0.3) is 0 Å². The average Bonchev–Trinajstić information content (AvgIpc) is 3.02. The van der Waals surface area contributed by atoms with Crippen LogP contribution in [0.3, 0.4) is 0 Å². The van der Waals surface area contributed by atoms with Crippen molar-refractivity contribution >= 4 is 41.6 Å². The van der Waals surface area contributed by atoms with Crippen molar-refractivity contribution < 1.29 is 9.53 Å². The maximum atomic E-state index is 12.1. The van der Waals surface area contributed by atoms with E-state index >= 15 is 0 Å². The van der Waals surface area contributed by atoms with Crippen molar-refractivity contribution in [1.82, 2.24) is 10.3 Å². The Labute approximate surface area is 160 Å². The van der Waals surface area contributed by atoms with E-state index in [2.05, 4.69) is 10.3 Å². The number of rotatable bonds is 6. The first-order valence-corrected chi connectivity index (χ1v) is 8.23. The van der Waals surface area contributed by atoms with Gasteiger partial charge in [0.1, 0.15) is 11.3 Å². The molecule has 1 aliphatic rings. The molecule has 0 unspecified atom stereocenters. The minimum absolute atomic E-state index is 0. The summed E-state index contributed by atoms with van der Waals surface area (Å²) in [4.78, 5) is 16.4. The monoisotopic (exact) mass is 385 g/mol. The number of aromatic nitrogens is 1. The van der Waals surface area contributed by atoms with E-state index in [-0.39, 0.29) is 30.7 Å². The number of carbonyl (C=O) groups is 1. The molecule has 0 saturated heterocycles. The van der Waals surface area contributed by atoms with Gasteiger partial charge in [0.15, 0.2) is 0 Å². The van der Waals surface area contributed by atoms with E-state index in [0.717, 1.165) is 48.8 Å². The van der Waals surface area contributed by atoms with Gasteiger partial charge in [-0.2, -0.15) is 0 Å². The van der Waals surface area contributed by atoms with Gasteiger partial charge in [0.05, 0.1) is 12.1 Å². The number of hydrogen-bond acceptors (Lipinski definition) is 4. The first-order chi connectivity index (χ1) is 11.2. The average molecular weight is 386 g/mol. The number of para-hydroxylation sites is 1. The van der Waals surface area contributed by atoms with Crippen LogP contribution in [0, 0.1) is 0 Å². The van der Waals surface area contributed by atoms with Gasteiger partial charge in [-0.1, -0.05) is 31.0 Å². The lowest BCUT2D eigenvalue weighted by atomic mass is 9.98. The topological polar surface area (TPSA) is 77.2 Å². The molecule has 138 valence electrons. The summed E-state index contributed by atoms with van der Waals surface area (Å²) in [6.07, 6.45) is 6.17. The number of halogens is 2. The number of amides is 1. The van der Waals surface area contributed by atoms with Crippen LogP contribution < -0.4 is 15.8 Å². The highest BCUT2D eigenvalue weighted by molar-refractivity contribution is 5.86. The number of nitrogens with two attached hydrogens (primary N) is 1. The van der Waals surface area contributed by atoms with E-state index < -0.39 is 5.54 Å². The van der Waals surface area contributed by atoms with Gasteiger partial charge in [0.2, 0.25) is 5.91 Å². The molecule has 1 amide bonds. The second-order valence-electron chi connectivity index (χ2n) is 6.15. The Morgan fingerprint density at radius 2 is 1.92 bits per heavy atom. The van der Waals surface area contributed by atoms with Crippen LogP contribution in [-0.2, 0) is 4.79 Å². The van der Waals surface area contributed by atoms with E-state index in [1.54, 1.807) is 6.20 Å². The molecule has 1 saturated carbocycles. The maximum absolute atomic E-state index is 12.1. The highest BCUT2D eigenvalue weighted by atomic mass is 35.5. The third-order valence-corrected chi connectivity index (χ3v) is 4.41. The van der Waals surface area contributed by atoms with Gasteiger partial charge in [-0.05, 0) is 31.4 Å². The van der Waals surface area contributed by atoms with Crippen LogP contribution >= 0.6 is 24.8 Å². The second kappa shape index (κ2) is 9.80. The highest BCUT2D eigenvalue weighted by Crippen LogP contribution is 2.27. The van der Waals surface area contributed by atoms with Gasteiger partial charge in [-0.3, -0.25) is 9.78 Å². The number of ether oxygens (including phenoxy) is 1. The smallest absolute Gasteiger partial charge is 0.240 e. The van der Waals surface area contributed by atoms with Crippen molar-refractivity contribution in [2.24, 2.45) is 5.73 Å². The lowest BCUT2D eigenvalue weighted by Gasteiger charge is -2.22. The molecule has 3 N–H and O–H groups in total. The number of nitrogens with one attached hydrogen (secondary N) is 1. The van der Waals surface area contributed by atoms with E-state index in [9.17, 15) is 4.79 Å². The summed E-state index contributed by atoms with van der Waals surface area (Å²) in [6.45, 7) is 1.11. The molecule has 0 atom stereocenters. The predicted molar refractivity (Wildman–Crippen MR) is 105 cm³/mol. The van der Waals surface area contributed by atoms with Crippen LogP contribution in [0.1, 0.15) is 32.1 Å². The predicted octanol–water partition coefficient (Wildman–Crippen LogP) is 3.24. The summed E-state index contributed by atoms with van der Waals surface area (Å²) >= 11 is 0. The van der Waals surface area contributed by atoms with Crippen LogP contribution in [-0.4, -0.2) is 29.6 Å². The molecule has 5 nitrogen and oxygen atoms in total. The lowest BCUT2D eigenvalue weighted by Crippen LogP contribution is -2.52. The van der Waals surface area contributed by atoms with Crippen LogP contribution in [0.5, 0.6) is 5.75 Å². The number of carbonyl (C=O) groups excluding carboxylic acids is 1. The van der Waals surface area contributed by atoms with E-state index in [0.29, 0.717) is 13.2 Å². The molecule has 2 aromatic rings. The van der Waals surface area contributed by atoms with Crippen molar-refractivity contribution in [3.63, 3.8) is 0 Å². The Kier molecular flexibility index (Phi) is 8.42.